The number of carbonyl (C=O) groups is 2. The van der Waals surface area contributed by atoms with Crippen LogP contribution >= 0.6 is 11.6 Å². The molecule has 0 bridgehead atoms. The van der Waals surface area contributed by atoms with E-state index in [0.717, 1.165) is 9.87 Å². The van der Waals surface area contributed by atoms with Gasteiger partial charge in [-0.1, -0.05) is 29.8 Å². The minimum atomic E-state index is -4.22. The number of sulfonamides is 1. The highest BCUT2D eigenvalue weighted by molar-refractivity contribution is 7.92. The molecule has 0 unspecified atom stereocenters. The first-order valence-electron chi connectivity index (χ1n) is 12.6. The quantitative estimate of drug-likeness (QED) is 0.335. The number of anilines is 1. The lowest BCUT2D eigenvalue weighted by molar-refractivity contribution is -0.139. The van der Waals surface area contributed by atoms with Crippen LogP contribution in [0.5, 0.6) is 11.5 Å². The maximum absolute atomic E-state index is 13.9. The fourth-order valence-corrected chi connectivity index (χ4v) is 5.54. The van der Waals surface area contributed by atoms with Crippen LogP contribution in [0.15, 0.2) is 77.7 Å². The van der Waals surface area contributed by atoms with Crippen LogP contribution in [0.2, 0.25) is 5.02 Å². The first-order valence-corrected chi connectivity index (χ1v) is 14.4. The van der Waals surface area contributed by atoms with E-state index in [2.05, 4.69) is 5.32 Å². The van der Waals surface area contributed by atoms with Gasteiger partial charge in [-0.25, -0.2) is 8.42 Å². The predicted octanol–water partition coefficient (Wildman–Crippen LogP) is 4.49. The van der Waals surface area contributed by atoms with Gasteiger partial charge in [0.05, 0.1) is 24.8 Å². The highest BCUT2D eigenvalue weighted by Crippen LogP contribution is 2.28. The lowest BCUT2D eigenvalue weighted by Gasteiger charge is -2.32. The summed E-state index contributed by atoms with van der Waals surface area (Å²) in [4.78, 5) is 28.2. The zero-order valence-corrected chi connectivity index (χ0v) is 24.7. The average molecular weight is 588 g/mol. The first kappa shape index (κ1) is 30.8. The molecule has 0 aliphatic carbocycles. The number of halogens is 1. The molecule has 0 saturated carbocycles. The Labute approximate surface area is 240 Å². The van der Waals surface area contributed by atoms with Crippen molar-refractivity contribution in [3.05, 3.63) is 83.4 Å². The van der Waals surface area contributed by atoms with E-state index in [9.17, 15) is 18.0 Å². The molecule has 1 atom stereocenters. The molecule has 2 amide bonds. The SMILES string of the molecule is COc1ccc(CN(C(=O)CN(c2cccc(Cl)c2)S(=O)(=O)c2ccc(OC)cc2)[C@H](C)C(=O)NC(C)C)cc1. The average Bonchev–Trinajstić information content (AvgIpc) is 2.94. The molecule has 3 aromatic rings. The second-order valence-corrected chi connectivity index (χ2v) is 11.7. The van der Waals surface area contributed by atoms with Gasteiger partial charge in [0.1, 0.15) is 24.1 Å². The van der Waals surface area contributed by atoms with Crippen molar-refractivity contribution < 1.29 is 27.5 Å². The maximum Gasteiger partial charge on any atom is 0.264 e. The maximum atomic E-state index is 13.9. The van der Waals surface area contributed by atoms with Crippen LogP contribution in [0, 0.1) is 0 Å². The molecule has 9 nitrogen and oxygen atoms in total. The zero-order valence-electron chi connectivity index (χ0n) is 23.1. The molecule has 0 aromatic heterocycles. The number of rotatable bonds is 12. The monoisotopic (exact) mass is 587 g/mol. The molecule has 0 fully saturated rings. The summed E-state index contributed by atoms with van der Waals surface area (Å²) in [7, 11) is -1.18. The van der Waals surface area contributed by atoms with E-state index in [1.54, 1.807) is 56.5 Å². The van der Waals surface area contributed by atoms with Crippen molar-refractivity contribution in [2.75, 3.05) is 25.1 Å². The highest BCUT2D eigenvalue weighted by atomic mass is 35.5. The van der Waals surface area contributed by atoms with Gasteiger partial charge in [0.15, 0.2) is 0 Å². The number of amides is 2. The van der Waals surface area contributed by atoms with Gasteiger partial charge in [-0.15, -0.1) is 0 Å². The predicted molar refractivity (Wildman–Crippen MR) is 155 cm³/mol. The summed E-state index contributed by atoms with van der Waals surface area (Å²) in [6.45, 7) is 4.76. The molecule has 0 aliphatic rings. The van der Waals surface area contributed by atoms with Crippen LogP contribution < -0.4 is 19.1 Å². The molecule has 3 rings (SSSR count). The van der Waals surface area contributed by atoms with Crippen molar-refractivity contribution in [1.82, 2.24) is 10.2 Å². The fraction of sp³-hybridized carbons (Fsp3) is 0.310. The van der Waals surface area contributed by atoms with E-state index in [0.29, 0.717) is 16.5 Å². The van der Waals surface area contributed by atoms with Crippen LogP contribution in [0.1, 0.15) is 26.3 Å². The van der Waals surface area contributed by atoms with Crippen molar-refractivity contribution in [2.45, 2.75) is 44.3 Å². The smallest absolute Gasteiger partial charge is 0.264 e. The van der Waals surface area contributed by atoms with Crippen molar-refractivity contribution in [3.63, 3.8) is 0 Å². The molecule has 40 heavy (non-hydrogen) atoms. The number of nitrogens with one attached hydrogen (secondary N) is 1. The van der Waals surface area contributed by atoms with Crippen LogP contribution in [-0.2, 0) is 26.2 Å². The Kier molecular flexibility index (Phi) is 10.4. The summed E-state index contributed by atoms with van der Waals surface area (Å²) in [6, 6.07) is 18.2. The second kappa shape index (κ2) is 13.5. The third kappa shape index (κ3) is 7.67. The summed E-state index contributed by atoms with van der Waals surface area (Å²) in [5.74, 6) is 0.202. The molecule has 0 saturated heterocycles. The van der Waals surface area contributed by atoms with E-state index in [4.69, 9.17) is 21.1 Å². The van der Waals surface area contributed by atoms with Crippen LogP contribution in [-0.4, -0.2) is 58.0 Å². The van der Waals surface area contributed by atoms with E-state index < -0.39 is 28.5 Å². The van der Waals surface area contributed by atoms with Crippen LogP contribution in [0.4, 0.5) is 5.69 Å². The van der Waals surface area contributed by atoms with Crippen LogP contribution in [0.25, 0.3) is 0 Å². The molecule has 1 N–H and O–H groups in total. The summed E-state index contributed by atoms with van der Waals surface area (Å²) in [5, 5.41) is 3.13. The lowest BCUT2D eigenvalue weighted by atomic mass is 10.1. The van der Waals surface area contributed by atoms with Crippen molar-refractivity contribution in [1.29, 1.82) is 0 Å². The number of hydrogen-bond donors (Lipinski definition) is 1. The van der Waals surface area contributed by atoms with Gasteiger partial charge in [-0.2, -0.15) is 0 Å². The molecular formula is C29H34ClN3O6S. The van der Waals surface area contributed by atoms with Crippen molar-refractivity contribution >= 4 is 39.1 Å². The number of nitrogens with zero attached hydrogens (tertiary/aromatic N) is 2. The molecule has 11 heteroatoms. The fourth-order valence-electron chi connectivity index (χ4n) is 3.95. The Bertz CT molecular complexity index is 1410. The van der Waals surface area contributed by atoms with Gasteiger partial charge in [0.2, 0.25) is 11.8 Å². The molecular weight excluding hydrogens is 554 g/mol. The van der Waals surface area contributed by atoms with E-state index >= 15 is 0 Å². The lowest BCUT2D eigenvalue weighted by Crippen LogP contribution is -2.52. The number of carbonyl (C=O) groups excluding carboxylic acids is 2. The van der Waals surface area contributed by atoms with Gasteiger partial charge < -0.3 is 19.7 Å². The Morgan fingerprint density at radius 1 is 0.900 bits per heavy atom. The van der Waals surface area contributed by atoms with Gasteiger partial charge in [0, 0.05) is 17.6 Å². The normalized spacial score (nSPS) is 12.0. The zero-order chi connectivity index (χ0) is 29.4. The molecule has 214 valence electrons. The topological polar surface area (TPSA) is 105 Å². The number of ether oxygens (including phenoxy) is 2. The van der Waals surface area contributed by atoms with Gasteiger partial charge in [-0.3, -0.25) is 13.9 Å². The second-order valence-electron chi connectivity index (χ2n) is 9.38. The minimum Gasteiger partial charge on any atom is -0.497 e. The molecule has 0 spiro atoms. The minimum absolute atomic E-state index is 0.0339. The Morgan fingerprint density at radius 3 is 2.00 bits per heavy atom. The first-order chi connectivity index (χ1) is 19.0. The molecule has 3 aromatic carbocycles. The summed E-state index contributed by atoms with van der Waals surface area (Å²) in [6.07, 6.45) is 0. The summed E-state index contributed by atoms with van der Waals surface area (Å²) in [5.41, 5.74) is 0.950. The standard InChI is InChI=1S/C29H34ClN3O6S/c1-20(2)31-29(35)21(3)32(18-22-9-11-25(38-4)12-10-22)28(34)19-33(24-8-6-7-23(30)17-24)40(36,37)27-15-13-26(39-5)14-16-27/h6-17,20-21H,18-19H2,1-5H3,(H,31,35)/t21-/m1/s1. The van der Waals surface area contributed by atoms with Crippen molar-refractivity contribution in [2.24, 2.45) is 0 Å². The van der Waals surface area contributed by atoms with E-state index in [1.165, 1.54) is 42.3 Å². The number of hydrogen-bond acceptors (Lipinski definition) is 6. The van der Waals surface area contributed by atoms with Gasteiger partial charge in [0.25, 0.3) is 10.0 Å². The third-order valence-corrected chi connectivity index (χ3v) is 8.16. The van der Waals surface area contributed by atoms with Gasteiger partial charge in [-0.05, 0) is 80.9 Å². The Balaban J connectivity index is 2.02. The third-order valence-electron chi connectivity index (χ3n) is 6.13. The molecule has 0 radical (unpaired) electrons. The van der Waals surface area contributed by atoms with Gasteiger partial charge >= 0.3 is 0 Å². The van der Waals surface area contributed by atoms with E-state index in [-0.39, 0.29) is 29.1 Å². The molecule has 0 aliphatic heterocycles. The summed E-state index contributed by atoms with van der Waals surface area (Å²) < 4.78 is 39.1. The van der Waals surface area contributed by atoms with Crippen LogP contribution in [0.3, 0.4) is 0 Å². The molecule has 0 heterocycles. The number of methoxy groups -OCH3 is 2. The number of benzene rings is 3. The van der Waals surface area contributed by atoms with E-state index in [1.807, 2.05) is 13.8 Å². The largest absolute Gasteiger partial charge is 0.497 e. The summed E-state index contributed by atoms with van der Waals surface area (Å²) >= 11 is 6.20. The Morgan fingerprint density at radius 2 is 1.48 bits per heavy atom. The Hall–Kier alpha value is -3.76. The van der Waals surface area contributed by atoms with Crippen molar-refractivity contribution in [3.8, 4) is 11.5 Å². The highest BCUT2D eigenvalue weighted by Gasteiger charge is 2.32.